The first-order valence-electron chi connectivity index (χ1n) is 7.32. The van der Waals surface area contributed by atoms with Crippen LogP contribution in [0.15, 0.2) is 42.5 Å². The van der Waals surface area contributed by atoms with E-state index in [0.29, 0.717) is 18.7 Å². The second-order valence-corrected chi connectivity index (χ2v) is 5.68. The van der Waals surface area contributed by atoms with E-state index in [4.69, 9.17) is 4.74 Å². The van der Waals surface area contributed by atoms with E-state index in [1.165, 1.54) is 7.11 Å². The third-order valence-electron chi connectivity index (χ3n) is 4.11. The number of amides is 1. The van der Waals surface area contributed by atoms with Gasteiger partial charge in [0.15, 0.2) is 11.5 Å². The number of carbonyl (C=O) groups is 1. The second kappa shape index (κ2) is 5.72. The minimum absolute atomic E-state index is 0.0878. The first-order valence-corrected chi connectivity index (χ1v) is 7.32. The molecule has 1 saturated heterocycles. The fourth-order valence-corrected chi connectivity index (χ4v) is 2.94. The largest absolute Gasteiger partial charge is 0.504 e. The SMILES string of the molecule is COc1ccc([C@H]2CC(=O)N(c3cccc(C)c3)C2)cc1O. The Hall–Kier alpha value is -2.49. The predicted octanol–water partition coefficient (Wildman–Crippen LogP) is 3.23. The molecule has 2 aromatic rings. The topological polar surface area (TPSA) is 49.8 Å². The maximum absolute atomic E-state index is 12.3. The zero-order valence-electron chi connectivity index (χ0n) is 12.7. The van der Waals surface area contributed by atoms with Gasteiger partial charge in [0, 0.05) is 24.6 Å². The molecular formula is C18H19NO3. The molecule has 1 atom stereocenters. The molecule has 0 saturated carbocycles. The summed E-state index contributed by atoms with van der Waals surface area (Å²) in [7, 11) is 1.52. The molecule has 1 amide bonds. The third kappa shape index (κ3) is 2.64. The molecule has 1 aliphatic rings. The van der Waals surface area contributed by atoms with Gasteiger partial charge in [0.05, 0.1) is 7.11 Å². The quantitative estimate of drug-likeness (QED) is 0.946. The van der Waals surface area contributed by atoms with Gasteiger partial charge in [-0.25, -0.2) is 0 Å². The molecular weight excluding hydrogens is 278 g/mol. The summed E-state index contributed by atoms with van der Waals surface area (Å²) < 4.78 is 5.06. The van der Waals surface area contributed by atoms with E-state index < -0.39 is 0 Å². The highest BCUT2D eigenvalue weighted by Gasteiger charge is 2.31. The molecule has 0 unspecified atom stereocenters. The van der Waals surface area contributed by atoms with E-state index >= 15 is 0 Å². The van der Waals surface area contributed by atoms with Crippen molar-refractivity contribution >= 4 is 11.6 Å². The smallest absolute Gasteiger partial charge is 0.227 e. The van der Waals surface area contributed by atoms with Gasteiger partial charge < -0.3 is 14.7 Å². The normalized spacial score (nSPS) is 17.8. The summed E-state index contributed by atoms with van der Waals surface area (Å²) in [6, 6.07) is 13.3. The Labute approximate surface area is 130 Å². The molecule has 4 nitrogen and oxygen atoms in total. The first-order chi connectivity index (χ1) is 10.6. The van der Waals surface area contributed by atoms with Crippen LogP contribution in [0.4, 0.5) is 5.69 Å². The summed E-state index contributed by atoms with van der Waals surface area (Å²) in [5.41, 5.74) is 3.03. The Balaban J connectivity index is 1.84. The molecule has 2 aromatic carbocycles. The Morgan fingerprint density at radius 1 is 1.23 bits per heavy atom. The van der Waals surface area contributed by atoms with Crippen molar-refractivity contribution in [2.45, 2.75) is 19.3 Å². The first kappa shape index (κ1) is 14.4. The number of hydrogen-bond acceptors (Lipinski definition) is 3. The van der Waals surface area contributed by atoms with E-state index in [-0.39, 0.29) is 17.6 Å². The van der Waals surface area contributed by atoms with Crippen molar-refractivity contribution < 1.29 is 14.6 Å². The number of aromatic hydroxyl groups is 1. The molecule has 4 heteroatoms. The average molecular weight is 297 g/mol. The fourth-order valence-electron chi connectivity index (χ4n) is 2.94. The minimum atomic E-state index is 0.0878. The molecule has 0 aliphatic carbocycles. The Morgan fingerprint density at radius 2 is 2.05 bits per heavy atom. The van der Waals surface area contributed by atoms with Crippen molar-refractivity contribution in [3.63, 3.8) is 0 Å². The maximum atomic E-state index is 12.3. The van der Waals surface area contributed by atoms with Crippen molar-refractivity contribution in [1.82, 2.24) is 0 Å². The van der Waals surface area contributed by atoms with Gasteiger partial charge >= 0.3 is 0 Å². The van der Waals surface area contributed by atoms with E-state index in [0.717, 1.165) is 16.8 Å². The van der Waals surface area contributed by atoms with Gasteiger partial charge in [-0.15, -0.1) is 0 Å². The van der Waals surface area contributed by atoms with Crippen LogP contribution >= 0.6 is 0 Å². The lowest BCUT2D eigenvalue weighted by Gasteiger charge is -2.17. The number of phenolic OH excluding ortho intramolecular Hbond substituents is 1. The Kier molecular flexibility index (Phi) is 3.75. The van der Waals surface area contributed by atoms with Crippen LogP contribution < -0.4 is 9.64 Å². The third-order valence-corrected chi connectivity index (χ3v) is 4.11. The van der Waals surface area contributed by atoms with E-state index in [1.807, 2.05) is 42.2 Å². The van der Waals surface area contributed by atoms with Crippen LogP contribution in [0.25, 0.3) is 0 Å². The summed E-state index contributed by atoms with van der Waals surface area (Å²) in [6.45, 7) is 2.65. The molecule has 114 valence electrons. The predicted molar refractivity (Wildman–Crippen MR) is 85.5 cm³/mol. The monoisotopic (exact) mass is 297 g/mol. The van der Waals surface area contributed by atoms with Crippen LogP contribution in [0.2, 0.25) is 0 Å². The van der Waals surface area contributed by atoms with Gasteiger partial charge in [-0.3, -0.25) is 4.79 Å². The van der Waals surface area contributed by atoms with E-state index in [2.05, 4.69) is 0 Å². The number of ether oxygens (including phenoxy) is 1. The van der Waals surface area contributed by atoms with E-state index in [9.17, 15) is 9.90 Å². The molecule has 3 rings (SSSR count). The van der Waals surface area contributed by atoms with Crippen molar-refractivity contribution in [3.05, 3.63) is 53.6 Å². The van der Waals surface area contributed by atoms with Crippen molar-refractivity contribution in [1.29, 1.82) is 0 Å². The second-order valence-electron chi connectivity index (χ2n) is 5.68. The van der Waals surface area contributed by atoms with Gasteiger partial charge in [-0.05, 0) is 42.3 Å². The average Bonchev–Trinajstić information content (AvgIpc) is 2.89. The molecule has 0 spiro atoms. The zero-order valence-corrected chi connectivity index (χ0v) is 12.7. The van der Waals surface area contributed by atoms with Crippen LogP contribution in [-0.2, 0) is 4.79 Å². The molecule has 1 heterocycles. The number of carbonyl (C=O) groups excluding carboxylic acids is 1. The lowest BCUT2D eigenvalue weighted by molar-refractivity contribution is -0.117. The molecule has 0 aromatic heterocycles. The zero-order chi connectivity index (χ0) is 15.7. The van der Waals surface area contributed by atoms with E-state index in [1.54, 1.807) is 12.1 Å². The number of rotatable bonds is 3. The molecule has 0 radical (unpaired) electrons. The molecule has 1 aliphatic heterocycles. The summed E-state index contributed by atoms with van der Waals surface area (Å²) in [4.78, 5) is 14.1. The number of nitrogens with zero attached hydrogens (tertiary/aromatic N) is 1. The van der Waals surface area contributed by atoms with Crippen LogP contribution in [0.1, 0.15) is 23.5 Å². The highest BCUT2D eigenvalue weighted by molar-refractivity contribution is 5.96. The van der Waals surface area contributed by atoms with Crippen LogP contribution in [-0.4, -0.2) is 24.7 Å². The molecule has 22 heavy (non-hydrogen) atoms. The summed E-state index contributed by atoms with van der Waals surface area (Å²) in [5, 5.41) is 9.91. The van der Waals surface area contributed by atoms with Gasteiger partial charge in [-0.2, -0.15) is 0 Å². The van der Waals surface area contributed by atoms with Crippen LogP contribution in [0.5, 0.6) is 11.5 Å². The highest BCUT2D eigenvalue weighted by Crippen LogP contribution is 2.35. The van der Waals surface area contributed by atoms with Crippen molar-refractivity contribution in [3.8, 4) is 11.5 Å². The van der Waals surface area contributed by atoms with Crippen molar-refractivity contribution in [2.24, 2.45) is 0 Å². The fraction of sp³-hybridized carbons (Fsp3) is 0.278. The van der Waals surface area contributed by atoms with Gasteiger partial charge in [0.2, 0.25) is 5.91 Å². The van der Waals surface area contributed by atoms with Gasteiger partial charge in [0.25, 0.3) is 0 Å². The Morgan fingerprint density at radius 3 is 2.73 bits per heavy atom. The van der Waals surface area contributed by atoms with Gasteiger partial charge in [0.1, 0.15) is 0 Å². The molecule has 1 N–H and O–H groups in total. The van der Waals surface area contributed by atoms with Gasteiger partial charge in [-0.1, -0.05) is 18.2 Å². The minimum Gasteiger partial charge on any atom is -0.504 e. The van der Waals surface area contributed by atoms with Crippen molar-refractivity contribution in [2.75, 3.05) is 18.6 Å². The number of aryl methyl sites for hydroxylation is 1. The lowest BCUT2D eigenvalue weighted by atomic mass is 9.98. The number of hydrogen-bond donors (Lipinski definition) is 1. The summed E-state index contributed by atoms with van der Waals surface area (Å²) in [5.74, 6) is 0.765. The number of benzene rings is 2. The summed E-state index contributed by atoms with van der Waals surface area (Å²) >= 11 is 0. The Bertz CT molecular complexity index is 711. The number of anilines is 1. The summed E-state index contributed by atoms with van der Waals surface area (Å²) in [6.07, 6.45) is 0.458. The van der Waals surface area contributed by atoms with Crippen LogP contribution in [0, 0.1) is 6.92 Å². The van der Waals surface area contributed by atoms with Crippen LogP contribution in [0.3, 0.4) is 0 Å². The lowest BCUT2D eigenvalue weighted by Crippen LogP contribution is -2.24. The maximum Gasteiger partial charge on any atom is 0.227 e. The molecule has 0 bridgehead atoms. The highest BCUT2D eigenvalue weighted by atomic mass is 16.5. The number of phenols is 1. The number of methoxy groups -OCH3 is 1. The standard InChI is InChI=1S/C18H19NO3/c1-12-4-3-5-15(8-12)19-11-14(10-18(19)21)13-6-7-17(22-2)16(20)9-13/h3-9,14,20H,10-11H2,1-2H3/t14-/m0/s1. The molecule has 1 fully saturated rings.